The Morgan fingerprint density at radius 2 is 1.11 bits per heavy atom. The summed E-state index contributed by atoms with van der Waals surface area (Å²) in [5.74, 6) is 0.744. The summed E-state index contributed by atoms with van der Waals surface area (Å²) in [4.78, 5) is 9.60. The first-order valence-electron chi connectivity index (χ1n) is 16.2. The highest BCUT2D eigenvalue weighted by Gasteiger charge is 2.23. The Balaban J connectivity index is 0.000000210. The summed E-state index contributed by atoms with van der Waals surface area (Å²) >= 11 is 20.7. The first-order chi connectivity index (χ1) is 25.8. The molecule has 4 aromatic carbocycles. The van der Waals surface area contributed by atoms with Crippen molar-refractivity contribution in [2.24, 2.45) is 0 Å². The number of pyridine rings is 2. The fourth-order valence-electron chi connectivity index (χ4n) is 5.04. The Bertz CT molecular complexity index is 2290. The minimum atomic E-state index is -1.85. The van der Waals surface area contributed by atoms with Gasteiger partial charge in [-0.05, 0) is 71.8 Å². The van der Waals surface area contributed by atoms with Crippen molar-refractivity contribution in [3.05, 3.63) is 128 Å². The Hall–Kier alpha value is -3.40. The number of rotatable bonds is 12. The summed E-state index contributed by atoms with van der Waals surface area (Å²) in [5.41, 5.74) is 9.07. The van der Waals surface area contributed by atoms with Crippen LogP contribution in [-0.4, -0.2) is 32.6 Å². The van der Waals surface area contributed by atoms with E-state index in [2.05, 4.69) is 36.7 Å². The third-order valence-corrected chi connectivity index (χ3v) is 10.8. The Morgan fingerprint density at radius 1 is 0.648 bits per heavy atom. The number of hydroxylamine groups is 2. The van der Waals surface area contributed by atoms with Gasteiger partial charge in [0.05, 0.1) is 24.3 Å². The summed E-state index contributed by atoms with van der Waals surface area (Å²) in [7, 11) is 3.00. The predicted molar refractivity (Wildman–Crippen MR) is 217 cm³/mol. The van der Waals surface area contributed by atoms with Crippen molar-refractivity contribution in [1.29, 1.82) is 0 Å². The van der Waals surface area contributed by atoms with Gasteiger partial charge in [0, 0.05) is 51.2 Å². The molecule has 2 heterocycles. The van der Waals surface area contributed by atoms with Gasteiger partial charge in [0.2, 0.25) is 22.2 Å². The molecule has 2 N–H and O–H groups in total. The van der Waals surface area contributed by atoms with Crippen molar-refractivity contribution in [3.8, 4) is 11.5 Å². The zero-order chi connectivity index (χ0) is 39.0. The van der Waals surface area contributed by atoms with Gasteiger partial charge in [0.15, 0.2) is 11.5 Å². The van der Waals surface area contributed by atoms with Gasteiger partial charge in [-0.3, -0.25) is 4.98 Å². The zero-order valence-electron chi connectivity index (χ0n) is 29.7. The molecule has 0 bridgehead atoms. The zero-order valence-corrected chi connectivity index (χ0v) is 34.4. The lowest BCUT2D eigenvalue weighted by Gasteiger charge is -2.19. The smallest absolute Gasteiger partial charge is 0.210 e. The minimum Gasteiger partial charge on any atom is -0.493 e. The van der Waals surface area contributed by atoms with Crippen LogP contribution in [0.5, 0.6) is 11.5 Å². The molecule has 6 rings (SSSR count). The van der Waals surface area contributed by atoms with Crippen molar-refractivity contribution in [1.82, 2.24) is 20.9 Å². The number of nitrogens with one attached hydrogen (secondary N) is 2. The van der Waals surface area contributed by atoms with E-state index in [0.717, 1.165) is 27.6 Å². The first-order valence-corrected chi connectivity index (χ1v) is 19.9. The lowest BCUT2D eigenvalue weighted by molar-refractivity contribution is 0.215. The molecule has 0 saturated carbocycles. The number of nitrogens with zero attached hydrogens (tertiary/aromatic N) is 2. The van der Waals surface area contributed by atoms with Crippen LogP contribution in [0.2, 0.25) is 20.1 Å². The highest BCUT2D eigenvalue weighted by Crippen LogP contribution is 2.38. The van der Waals surface area contributed by atoms with Crippen LogP contribution in [0.25, 0.3) is 21.8 Å². The van der Waals surface area contributed by atoms with Gasteiger partial charge in [0.25, 0.3) is 0 Å². The molecule has 0 aliphatic heterocycles. The Kier molecular flexibility index (Phi) is 14.7. The number of hydrogen-bond donors (Lipinski definition) is 2. The Morgan fingerprint density at radius 3 is 1.57 bits per heavy atom. The van der Waals surface area contributed by atoms with Gasteiger partial charge in [0.1, 0.15) is 20.8 Å². The molecule has 54 heavy (non-hydrogen) atoms. The van der Waals surface area contributed by atoms with E-state index in [1.165, 1.54) is 14.2 Å². The molecule has 2 unspecified atom stereocenters. The predicted octanol–water partition coefficient (Wildman–Crippen LogP) is 9.89. The average Bonchev–Trinajstić information content (AvgIpc) is 3.16. The molecule has 284 valence electrons. The van der Waals surface area contributed by atoms with E-state index in [-0.39, 0.29) is 5.41 Å². The van der Waals surface area contributed by atoms with Crippen LogP contribution in [0.1, 0.15) is 37.6 Å². The van der Waals surface area contributed by atoms with Crippen LogP contribution < -0.4 is 20.4 Å². The molecule has 0 amide bonds. The van der Waals surface area contributed by atoms with Crippen LogP contribution >= 0.6 is 46.4 Å². The van der Waals surface area contributed by atoms with Crippen molar-refractivity contribution in [2.45, 2.75) is 49.1 Å². The molecule has 0 aliphatic carbocycles. The van der Waals surface area contributed by atoms with Crippen molar-refractivity contribution >= 4 is 90.4 Å². The number of methoxy groups -OCH3 is 2. The molecule has 2 aromatic heterocycles. The third-order valence-electron chi connectivity index (χ3n) is 7.80. The van der Waals surface area contributed by atoms with Gasteiger partial charge in [-0.2, -0.15) is 19.5 Å². The number of ether oxygens (including phenoxy) is 2. The van der Waals surface area contributed by atoms with Crippen LogP contribution in [0, 0.1) is 0 Å². The maximum atomic E-state index is 12.8. The van der Waals surface area contributed by atoms with Crippen molar-refractivity contribution in [2.75, 3.05) is 14.2 Å². The number of benzene rings is 4. The van der Waals surface area contributed by atoms with Crippen LogP contribution in [0.3, 0.4) is 0 Å². The monoisotopic (exact) mass is 848 g/mol. The van der Waals surface area contributed by atoms with E-state index >= 15 is 0 Å². The van der Waals surface area contributed by atoms with Gasteiger partial charge in [-0.25, -0.2) is 13.4 Å². The fourth-order valence-corrected chi connectivity index (χ4v) is 7.55. The number of hydrogen-bond acceptors (Lipinski definition) is 10. The second-order valence-electron chi connectivity index (χ2n) is 12.6. The molecule has 10 nitrogen and oxygen atoms in total. The van der Waals surface area contributed by atoms with E-state index in [1.807, 2.05) is 42.5 Å². The molecule has 16 heteroatoms. The van der Waals surface area contributed by atoms with Crippen LogP contribution in [0.15, 0.2) is 101 Å². The maximum Gasteiger partial charge on any atom is 0.210 e. The van der Waals surface area contributed by atoms with E-state index in [0.29, 0.717) is 65.5 Å². The minimum absolute atomic E-state index is 0.155. The molecule has 0 fully saturated rings. The molecular formula is C38H36Cl4N4O6S2. The van der Waals surface area contributed by atoms with E-state index < -0.39 is 22.2 Å². The second kappa shape index (κ2) is 19.0. The van der Waals surface area contributed by atoms with Gasteiger partial charge >= 0.3 is 0 Å². The molecule has 0 aliphatic rings. The second-order valence-corrected chi connectivity index (χ2v) is 16.4. The summed E-state index contributed by atoms with van der Waals surface area (Å²) < 4.78 is 46.8. The summed E-state index contributed by atoms with van der Waals surface area (Å²) in [6.45, 7) is 6.94. The summed E-state index contributed by atoms with van der Waals surface area (Å²) in [6, 6.07) is 25.1. The summed E-state index contributed by atoms with van der Waals surface area (Å²) in [6.07, 6.45) is 1.62. The van der Waals surface area contributed by atoms with Gasteiger partial charge in [-0.1, -0.05) is 91.4 Å². The van der Waals surface area contributed by atoms with E-state index in [4.69, 9.17) is 69.4 Å². The lowest BCUT2D eigenvalue weighted by atomic mass is 9.91. The highest BCUT2D eigenvalue weighted by atomic mass is 35.5. The lowest BCUT2D eigenvalue weighted by Crippen LogP contribution is -2.17. The third kappa shape index (κ3) is 10.5. The van der Waals surface area contributed by atoms with Crippen molar-refractivity contribution < 1.29 is 26.5 Å². The first kappa shape index (κ1) is 41.8. The van der Waals surface area contributed by atoms with Crippen molar-refractivity contribution in [3.63, 3.8) is 0 Å². The van der Waals surface area contributed by atoms with Crippen LogP contribution in [0.4, 0.5) is 0 Å². The SMILES string of the molecule is COc1c(S(=O)ONCc2ccc(Cl)cc2)cc(Cl)c2ccc(C(C)(C)C)nc12.COc1c(S(=O)ONCc2ccc(Cl)cc2)cc(Cl)c2cccnc12. The quantitative estimate of drug-likeness (QED) is 0.115. The number of halogens is 4. The summed E-state index contributed by atoms with van der Waals surface area (Å²) in [5, 5.41) is 3.60. The van der Waals surface area contributed by atoms with Gasteiger partial charge in [-0.15, -0.1) is 0 Å². The fraction of sp³-hybridized carbons (Fsp3) is 0.211. The largest absolute Gasteiger partial charge is 0.493 e. The maximum absolute atomic E-state index is 12.8. The topological polar surface area (TPSA) is 121 Å². The molecule has 6 aromatic rings. The van der Waals surface area contributed by atoms with E-state index in [1.54, 1.807) is 48.7 Å². The van der Waals surface area contributed by atoms with Crippen LogP contribution in [-0.2, 0) is 49.2 Å². The molecule has 0 radical (unpaired) electrons. The molecule has 0 saturated heterocycles. The molecule has 0 spiro atoms. The standard InChI is InChI=1S/C21H22Cl2N2O3S.C17H14Cl2N2O3S/c1-21(2,3)18-10-9-15-16(23)11-17(20(27-4)19(15)25-18)29(26)28-24-12-13-5-7-14(22)8-6-13;1-23-17-15(9-14(19)13-3-2-8-20-16(13)17)25(22)24-21-10-11-4-6-12(18)7-5-11/h5-11,24H,12H2,1-4H3;2-9,21H,10H2,1H3. The average molecular weight is 851 g/mol. The number of fused-ring (bicyclic) bond motifs is 2. The number of aromatic nitrogens is 2. The molecule has 2 atom stereocenters. The normalized spacial score (nSPS) is 12.6. The van der Waals surface area contributed by atoms with E-state index in [9.17, 15) is 8.42 Å². The van der Waals surface area contributed by atoms with Gasteiger partial charge < -0.3 is 9.47 Å². The highest BCUT2D eigenvalue weighted by molar-refractivity contribution is 7.80. The molecular weight excluding hydrogens is 814 g/mol. The Labute approximate surface area is 338 Å².